The van der Waals surface area contributed by atoms with Crippen molar-refractivity contribution in [3.63, 3.8) is 0 Å². The summed E-state index contributed by atoms with van der Waals surface area (Å²) in [6, 6.07) is 0. The first kappa shape index (κ1) is 16.6. The predicted octanol–water partition coefficient (Wildman–Crippen LogP) is 4.38. The Morgan fingerprint density at radius 3 is 2.83 bits per heavy atom. The smallest absolute Gasteiger partial charge is 0.184 e. The van der Waals surface area contributed by atoms with Crippen LogP contribution in [0.1, 0.15) is 65.2 Å². The summed E-state index contributed by atoms with van der Waals surface area (Å²) in [4.78, 5) is 0. The topological polar surface area (TPSA) is 50.4 Å². The van der Waals surface area contributed by atoms with E-state index in [1.807, 2.05) is 0 Å². The van der Waals surface area contributed by atoms with Crippen LogP contribution in [0.15, 0.2) is 17.3 Å². The summed E-state index contributed by atoms with van der Waals surface area (Å²) < 4.78 is 0. The standard InChI is InChI=1S/C20H31N3S/c1-19-11-4-3-5-13(19)6-7-14-15-8-9-17(22-23-18(21)24)20(15,2)12-10-16(14)19/h3-4,13-16H,5-12H2,1-2H3,(H3,21,23,24)/b22-17+/t13-,14+,15+,16+,19+,20+/m1/s1. The molecule has 4 aliphatic rings. The van der Waals surface area contributed by atoms with Crippen molar-refractivity contribution in [1.82, 2.24) is 5.43 Å². The summed E-state index contributed by atoms with van der Waals surface area (Å²) in [5.41, 5.74) is 10.6. The van der Waals surface area contributed by atoms with E-state index in [4.69, 9.17) is 18.0 Å². The predicted molar refractivity (Wildman–Crippen MR) is 104 cm³/mol. The number of hydrogen-bond donors (Lipinski definition) is 2. The fourth-order valence-corrected chi connectivity index (χ4v) is 6.98. The van der Waals surface area contributed by atoms with E-state index in [9.17, 15) is 0 Å². The molecule has 0 saturated heterocycles. The van der Waals surface area contributed by atoms with E-state index in [1.54, 1.807) is 0 Å². The van der Waals surface area contributed by atoms with Gasteiger partial charge in [0.15, 0.2) is 5.11 Å². The fourth-order valence-electron chi connectivity index (χ4n) is 6.93. The summed E-state index contributed by atoms with van der Waals surface area (Å²) >= 11 is 4.94. The maximum atomic E-state index is 5.59. The van der Waals surface area contributed by atoms with Gasteiger partial charge in [-0.25, -0.2) is 0 Å². The van der Waals surface area contributed by atoms with Crippen LogP contribution in [0.4, 0.5) is 0 Å². The van der Waals surface area contributed by atoms with Gasteiger partial charge in [0.25, 0.3) is 0 Å². The zero-order valence-corrected chi connectivity index (χ0v) is 15.9. The van der Waals surface area contributed by atoms with E-state index >= 15 is 0 Å². The van der Waals surface area contributed by atoms with Crippen LogP contribution in [0.3, 0.4) is 0 Å². The number of nitrogens with one attached hydrogen (secondary N) is 1. The van der Waals surface area contributed by atoms with Crippen molar-refractivity contribution < 1.29 is 0 Å². The summed E-state index contributed by atoms with van der Waals surface area (Å²) in [7, 11) is 0. The Morgan fingerprint density at radius 2 is 2.04 bits per heavy atom. The number of rotatable bonds is 1. The van der Waals surface area contributed by atoms with Gasteiger partial charge in [0.2, 0.25) is 0 Å². The van der Waals surface area contributed by atoms with Gasteiger partial charge in [-0.1, -0.05) is 26.0 Å². The van der Waals surface area contributed by atoms with Crippen LogP contribution in [0, 0.1) is 34.5 Å². The maximum absolute atomic E-state index is 5.59. The lowest BCUT2D eigenvalue weighted by molar-refractivity contribution is -0.0761. The molecule has 0 aromatic rings. The molecule has 0 radical (unpaired) electrons. The third kappa shape index (κ3) is 2.36. The molecule has 0 amide bonds. The summed E-state index contributed by atoms with van der Waals surface area (Å²) in [6.45, 7) is 5.05. The lowest BCUT2D eigenvalue weighted by atomic mass is 9.46. The van der Waals surface area contributed by atoms with Crippen LogP contribution >= 0.6 is 12.2 Å². The number of nitrogens with zero attached hydrogens (tertiary/aromatic N) is 1. The minimum Gasteiger partial charge on any atom is -0.375 e. The number of allylic oxidation sites excluding steroid dienone is 2. The summed E-state index contributed by atoms with van der Waals surface area (Å²) in [6.07, 6.45) is 15.4. The minimum atomic E-state index is 0.257. The molecule has 3 nitrogen and oxygen atoms in total. The molecule has 4 rings (SSSR count). The van der Waals surface area contributed by atoms with Crippen LogP contribution in [0.25, 0.3) is 0 Å². The highest BCUT2D eigenvalue weighted by atomic mass is 32.1. The Balaban J connectivity index is 1.60. The Labute approximate surface area is 151 Å². The maximum Gasteiger partial charge on any atom is 0.184 e. The fraction of sp³-hybridized carbons (Fsp3) is 0.800. The average molecular weight is 346 g/mol. The molecule has 0 heterocycles. The van der Waals surface area contributed by atoms with E-state index in [1.165, 1.54) is 50.7 Å². The van der Waals surface area contributed by atoms with Crippen molar-refractivity contribution in [3.05, 3.63) is 12.2 Å². The monoisotopic (exact) mass is 345 g/mol. The number of hydrogen-bond acceptors (Lipinski definition) is 2. The van der Waals surface area contributed by atoms with Gasteiger partial charge in [-0.2, -0.15) is 5.10 Å². The molecule has 0 bridgehead atoms. The molecule has 0 unspecified atom stereocenters. The first-order chi connectivity index (χ1) is 11.4. The molecule has 0 aromatic carbocycles. The molecule has 4 aliphatic carbocycles. The SMILES string of the molecule is C[C@]12CC=CC[C@@H]1CC[C@@H]1[C@@H]2CC[C@]2(C)/C(=N/NC(N)=S)CC[C@@H]12. The molecule has 0 spiro atoms. The van der Waals surface area contributed by atoms with Crippen LogP contribution < -0.4 is 11.2 Å². The van der Waals surface area contributed by atoms with Gasteiger partial charge in [0, 0.05) is 11.1 Å². The largest absolute Gasteiger partial charge is 0.375 e. The second-order valence-corrected chi connectivity index (χ2v) is 9.54. The molecule has 0 aliphatic heterocycles. The van der Waals surface area contributed by atoms with Crippen molar-refractivity contribution in [1.29, 1.82) is 0 Å². The average Bonchev–Trinajstić information content (AvgIpc) is 2.89. The third-order valence-corrected chi connectivity index (χ3v) is 8.34. The van der Waals surface area contributed by atoms with E-state index < -0.39 is 0 Å². The van der Waals surface area contributed by atoms with Gasteiger partial charge in [-0.05, 0) is 92.7 Å². The molecule has 3 saturated carbocycles. The lowest BCUT2D eigenvalue weighted by Gasteiger charge is -2.59. The Kier molecular flexibility index (Phi) is 4.02. The number of hydrazone groups is 1. The molecule has 3 fully saturated rings. The zero-order chi connectivity index (χ0) is 16.9. The first-order valence-electron chi connectivity index (χ1n) is 9.72. The van der Waals surface area contributed by atoms with Crippen LogP contribution in [0.5, 0.6) is 0 Å². The van der Waals surface area contributed by atoms with E-state index in [2.05, 4.69) is 36.5 Å². The van der Waals surface area contributed by atoms with Gasteiger partial charge < -0.3 is 5.73 Å². The van der Waals surface area contributed by atoms with Crippen LogP contribution in [-0.2, 0) is 0 Å². The minimum absolute atomic E-state index is 0.257. The lowest BCUT2D eigenvalue weighted by Crippen LogP contribution is -2.52. The molecule has 4 heteroatoms. The molecular weight excluding hydrogens is 314 g/mol. The second kappa shape index (κ2) is 5.82. The second-order valence-electron chi connectivity index (χ2n) is 9.10. The Morgan fingerprint density at radius 1 is 1.21 bits per heavy atom. The van der Waals surface area contributed by atoms with Crippen molar-refractivity contribution in [2.24, 2.45) is 45.3 Å². The Hall–Kier alpha value is -0.900. The van der Waals surface area contributed by atoms with Crippen molar-refractivity contribution in [2.75, 3.05) is 0 Å². The summed E-state index contributed by atoms with van der Waals surface area (Å²) in [5, 5.41) is 4.89. The molecule has 0 aromatic heterocycles. The van der Waals surface area contributed by atoms with Gasteiger partial charge in [0.05, 0.1) is 0 Å². The van der Waals surface area contributed by atoms with E-state index in [0.717, 1.165) is 30.1 Å². The molecular formula is C20H31N3S. The van der Waals surface area contributed by atoms with Crippen LogP contribution in [0.2, 0.25) is 0 Å². The number of nitrogens with two attached hydrogens (primary N) is 1. The highest BCUT2D eigenvalue weighted by Gasteiger charge is 2.58. The van der Waals surface area contributed by atoms with Crippen molar-refractivity contribution in [3.8, 4) is 0 Å². The van der Waals surface area contributed by atoms with E-state index in [-0.39, 0.29) is 10.5 Å². The number of fused-ring (bicyclic) bond motifs is 5. The zero-order valence-electron chi connectivity index (χ0n) is 15.1. The highest BCUT2D eigenvalue weighted by molar-refractivity contribution is 7.80. The molecule has 24 heavy (non-hydrogen) atoms. The van der Waals surface area contributed by atoms with Gasteiger partial charge in [-0.15, -0.1) is 0 Å². The first-order valence-corrected chi connectivity index (χ1v) is 10.1. The van der Waals surface area contributed by atoms with Gasteiger partial charge in [-0.3, -0.25) is 5.43 Å². The van der Waals surface area contributed by atoms with Crippen LogP contribution in [-0.4, -0.2) is 10.8 Å². The van der Waals surface area contributed by atoms with E-state index in [0.29, 0.717) is 5.41 Å². The molecule has 3 N–H and O–H groups in total. The Bertz CT molecular complexity index is 598. The highest BCUT2D eigenvalue weighted by Crippen LogP contribution is 2.64. The normalized spacial score (nSPS) is 48.5. The quantitative estimate of drug-likeness (QED) is 0.421. The third-order valence-electron chi connectivity index (χ3n) is 8.25. The summed E-state index contributed by atoms with van der Waals surface area (Å²) in [5.74, 6) is 3.50. The van der Waals surface area contributed by atoms with Gasteiger partial charge >= 0.3 is 0 Å². The molecule has 132 valence electrons. The van der Waals surface area contributed by atoms with Crippen molar-refractivity contribution in [2.45, 2.75) is 65.2 Å². The van der Waals surface area contributed by atoms with Gasteiger partial charge in [0.1, 0.15) is 0 Å². The number of thiocarbonyl (C=S) groups is 1. The molecule has 6 atom stereocenters. The van der Waals surface area contributed by atoms with Crippen molar-refractivity contribution >= 4 is 23.0 Å².